The molecule has 0 radical (unpaired) electrons. The largest absolute Gasteiger partial charge is 0.417 e. The van der Waals surface area contributed by atoms with Gasteiger partial charge in [0, 0.05) is 23.7 Å². The average molecular weight is 428 g/mol. The lowest BCUT2D eigenvalue weighted by atomic mass is 9.97. The molecule has 0 bridgehead atoms. The molecule has 0 N–H and O–H groups in total. The van der Waals surface area contributed by atoms with Crippen molar-refractivity contribution in [2.24, 2.45) is 5.41 Å². The van der Waals surface area contributed by atoms with Crippen LogP contribution >= 0.6 is 0 Å². The molecule has 3 nitrogen and oxygen atoms in total. The van der Waals surface area contributed by atoms with E-state index in [2.05, 4.69) is 4.98 Å². The number of nitrogens with zero attached hydrogens (tertiary/aromatic N) is 2. The van der Waals surface area contributed by atoms with Crippen molar-refractivity contribution < 1.29 is 31.1 Å². The number of benzene rings is 1. The Morgan fingerprint density at radius 2 is 1.77 bits per heavy atom. The monoisotopic (exact) mass is 428 g/mol. The van der Waals surface area contributed by atoms with Crippen LogP contribution in [0.25, 0.3) is 22.3 Å². The van der Waals surface area contributed by atoms with Crippen molar-refractivity contribution in [3.8, 4) is 11.3 Å². The van der Waals surface area contributed by atoms with E-state index in [9.17, 15) is 31.1 Å². The van der Waals surface area contributed by atoms with Crippen LogP contribution in [-0.2, 0) is 12.7 Å². The molecule has 3 rings (SSSR count). The second kappa shape index (κ2) is 7.45. The molecule has 0 spiro atoms. The lowest BCUT2D eigenvalue weighted by molar-refractivity contribution is -0.137. The van der Waals surface area contributed by atoms with Crippen LogP contribution in [0.2, 0.25) is 0 Å². The van der Waals surface area contributed by atoms with Crippen molar-refractivity contribution in [3.05, 3.63) is 53.5 Å². The maximum absolute atomic E-state index is 14.8. The van der Waals surface area contributed by atoms with Gasteiger partial charge in [-0.25, -0.2) is 18.2 Å². The van der Waals surface area contributed by atoms with E-state index >= 15 is 0 Å². The fraction of sp³-hybridized carbons (Fsp3) is 0.333. The predicted molar refractivity (Wildman–Crippen MR) is 99.9 cm³/mol. The van der Waals surface area contributed by atoms with Gasteiger partial charge in [-0.05, 0) is 17.5 Å². The van der Waals surface area contributed by atoms with Gasteiger partial charge in [-0.15, -0.1) is 0 Å². The number of pyridine rings is 1. The summed E-state index contributed by atoms with van der Waals surface area (Å²) in [4.78, 5) is 16.0. The van der Waals surface area contributed by atoms with Crippen molar-refractivity contribution in [1.82, 2.24) is 9.55 Å². The first-order valence-electron chi connectivity index (χ1n) is 8.98. The van der Waals surface area contributed by atoms with Crippen molar-refractivity contribution in [3.63, 3.8) is 0 Å². The second-order valence-electron chi connectivity index (χ2n) is 8.13. The summed E-state index contributed by atoms with van der Waals surface area (Å²) in [5.41, 5.74) is -2.96. The summed E-state index contributed by atoms with van der Waals surface area (Å²) < 4.78 is 82.5. The zero-order chi connectivity index (χ0) is 22.4. The van der Waals surface area contributed by atoms with E-state index < -0.39 is 46.6 Å². The highest BCUT2D eigenvalue weighted by Gasteiger charge is 2.35. The Hall–Kier alpha value is -2.84. The van der Waals surface area contributed by atoms with E-state index in [-0.39, 0.29) is 23.0 Å². The number of ketones is 1. The third-order valence-corrected chi connectivity index (χ3v) is 4.40. The standard InChI is InChI=1S/C21H18F6N2O/c1-20(2,3)10-29-9-13(17(30)18(23)24)12-8-15(22)16(28-19(12)29)11-6-4-5-7-14(11)21(25,26)27/h4-9,18H,10H2,1-3H3. The summed E-state index contributed by atoms with van der Waals surface area (Å²) in [5.74, 6) is -2.65. The third kappa shape index (κ3) is 4.20. The minimum Gasteiger partial charge on any atom is -0.331 e. The lowest BCUT2D eigenvalue weighted by Crippen LogP contribution is -2.15. The molecular weight excluding hydrogens is 410 g/mol. The molecule has 3 aromatic rings. The van der Waals surface area contributed by atoms with Gasteiger partial charge >= 0.3 is 12.6 Å². The van der Waals surface area contributed by atoms with Gasteiger partial charge in [0.25, 0.3) is 0 Å². The molecule has 2 heterocycles. The molecule has 30 heavy (non-hydrogen) atoms. The lowest BCUT2D eigenvalue weighted by Gasteiger charge is -2.19. The first-order valence-corrected chi connectivity index (χ1v) is 8.98. The number of Topliss-reactive ketones (excluding diaryl/α,β-unsaturated/α-hetero) is 1. The van der Waals surface area contributed by atoms with Gasteiger partial charge in [0.05, 0.1) is 11.1 Å². The Kier molecular flexibility index (Phi) is 5.43. The molecule has 0 saturated carbocycles. The minimum absolute atomic E-state index is 0.0395. The smallest absolute Gasteiger partial charge is 0.331 e. The summed E-state index contributed by atoms with van der Waals surface area (Å²) >= 11 is 0. The Labute approximate surface area is 168 Å². The number of alkyl halides is 5. The number of carbonyl (C=O) groups excluding carboxylic acids is 1. The maximum atomic E-state index is 14.8. The predicted octanol–water partition coefficient (Wildman–Crippen LogP) is 6.36. The first-order chi connectivity index (χ1) is 13.8. The quantitative estimate of drug-likeness (QED) is 0.358. The molecule has 0 atom stereocenters. The topological polar surface area (TPSA) is 34.9 Å². The zero-order valence-electron chi connectivity index (χ0n) is 16.3. The number of hydrogen-bond acceptors (Lipinski definition) is 2. The van der Waals surface area contributed by atoms with Crippen LogP contribution < -0.4 is 0 Å². The molecule has 0 unspecified atom stereocenters. The molecule has 0 aliphatic heterocycles. The summed E-state index contributed by atoms with van der Waals surface area (Å²) in [6.07, 6.45) is -6.91. The van der Waals surface area contributed by atoms with Gasteiger partial charge in [0.15, 0.2) is 0 Å². The van der Waals surface area contributed by atoms with Crippen molar-refractivity contribution in [1.29, 1.82) is 0 Å². The molecule has 0 aliphatic rings. The van der Waals surface area contributed by atoms with Gasteiger partial charge < -0.3 is 4.57 Å². The highest BCUT2D eigenvalue weighted by molar-refractivity contribution is 6.09. The number of carbonyl (C=O) groups is 1. The van der Waals surface area contributed by atoms with E-state index in [4.69, 9.17) is 0 Å². The van der Waals surface area contributed by atoms with Gasteiger partial charge in [-0.2, -0.15) is 13.2 Å². The fourth-order valence-corrected chi connectivity index (χ4v) is 3.25. The van der Waals surface area contributed by atoms with Crippen LogP contribution in [0.1, 0.15) is 36.7 Å². The molecule has 2 aromatic heterocycles. The highest BCUT2D eigenvalue weighted by Crippen LogP contribution is 2.38. The van der Waals surface area contributed by atoms with Crippen molar-refractivity contribution in [2.45, 2.75) is 39.9 Å². The molecule has 0 aliphatic carbocycles. The van der Waals surface area contributed by atoms with Gasteiger partial charge in [-0.1, -0.05) is 39.0 Å². The van der Waals surface area contributed by atoms with Gasteiger partial charge in [0.1, 0.15) is 17.2 Å². The number of halogens is 6. The van der Waals surface area contributed by atoms with E-state index in [1.165, 1.54) is 16.7 Å². The van der Waals surface area contributed by atoms with Crippen molar-refractivity contribution in [2.75, 3.05) is 0 Å². The summed E-state index contributed by atoms with van der Waals surface area (Å²) in [6, 6.07) is 5.17. The molecule has 0 amide bonds. The molecule has 9 heteroatoms. The van der Waals surface area contributed by atoms with E-state index in [1.54, 1.807) is 0 Å². The normalized spacial score (nSPS) is 12.7. The Morgan fingerprint density at radius 3 is 2.33 bits per heavy atom. The third-order valence-electron chi connectivity index (χ3n) is 4.40. The molecule has 1 aromatic carbocycles. The SMILES string of the molecule is CC(C)(C)Cn1cc(C(=O)C(F)F)c2cc(F)c(-c3ccccc3C(F)(F)F)nc21. The van der Waals surface area contributed by atoms with Crippen LogP contribution in [0.3, 0.4) is 0 Å². The van der Waals surface area contributed by atoms with Crippen LogP contribution in [-0.4, -0.2) is 21.8 Å². The molecule has 160 valence electrons. The van der Waals surface area contributed by atoms with Crippen LogP contribution in [0.4, 0.5) is 26.3 Å². The van der Waals surface area contributed by atoms with Crippen LogP contribution in [0.5, 0.6) is 0 Å². The summed E-state index contributed by atoms with van der Waals surface area (Å²) in [6.45, 7) is 5.75. The van der Waals surface area contributed by atoms with E-state index in [0.717, 1.165) is 24.4 Å². The number of hydrogen-bond donors (Lipinski definition) is 0. The van der Waals surface area contributed by atoms with Crippen LogP contribution in [0, 0.1) is 11.2 Å². The maximum Gasteiger partial charge on any atom is 0.417 e. The summed E-state index contributed by atoms with van der Waals surface area (Å²) in [5, 5.41) is -0.171. The zero-order valence-corrected chi connectivity index (χ0v) is 16.3. The Bertz CT molecular complexity index is 1110. The average Bonchev–Trinajstić information content (AvgIpc) is 2.95. The molecule has 0 fully saturated rings. The molecule has 0 saturated heterocycles. The Morgan fingerprint density at radius 1 is 1.13 bits per heavy atom. The first kappa shape index (κ1) is 21.9. The van der Waals surface area contributed by atoms with Gasteiger partial charge in [-0.3, -0.25) is 4.79 Å². The number of aromatic nitrogens is 2. The van der Waals surface area contributed by atoms with E-state index in [1.807, 2.05) is 20.8 Å². The number of rotatable bonds is 4. The number of fused-ring (bicyclic) bond motifs is 1. The van der Waals surface area contributed by atoms with Gasteiger partial charge in [0.2, 0.25) is 5.78 Å². The van der Waals surface area contributed by atoms with Crippen LogP contribution in [0.15, 0.2) is 36.5 Å². The minimum atomic E-state index is -4.75. The van der Waals surface area contributed by atoms with Crippen molar-refractivity contribution >= 4 is 16.8 Å². The molecular formula is C21H18F6N2O. The fourth-order valence-electron chi connectivity index (χ4n) is 3.25. The highest BCUT2D eigenvalue weighted by atomic mass is 19.4. The van der Waals surface area contributed by atoms with E-state index in [0.29, 0.717) is 0 Å². The second-order valence-corrected chi connectivity index (χ2v) is 8.13. The Balaban J connectivity index is 2.32. The summed E-state index contributed by atoms with van der Waals surface area (Å²) in [7, 11) is 0.